The molecule has 0 saturated carbocycles. The normalized spacial score (nSPS) is 21.7. The van der Waals surface area contributed by atoms with E-state index in [1.54, 1.807) is 26.0 Å². The minimum absolute atomic E-state index is 0.212. The van der Waals surface area contributed by atoms with Crippen LogP contribution in [0.3, 0.4) is 0 Å². The SMILES string of the molecule is C[C@H](NC(=O)N1CCN(CC(F)(F)F)[C@H](C)C1)c1ccco1. The van der Waals surface area contributed by atoms with Gasteiger partial charge in [0.05, 0.1) is 18.8 Å². The van der Waals surface area contributed by atoms with Crippen molar-refractivity contribution in [2.75, 3.05) is 26.2 Å². The highest BCUT2D eigenvalue weighted by atomic mass is 19.4. The van der Waals surface area contributed by atoms with Gasteiger partial charge >= 0.3 is 12.2 Å². The lowest BCUT2D eigenvalue weighted by Gasteiger charge is -2.40. The number of carbonyl (C=O) groups excluding carboxylic acids is 1. The van der Waals surface area contributed by atoms with Gasteiger partial charge in [0, 0.05) is 25.7 Å². The number of piperazine rings is 1. The highest BCUT2D eigenvalue weighted by Crippen LogP contribution is 2.20. The topological polar surface area (TPSA) is 48.7 Å². The molecule has 0 spiro atoms. The van der Waals surface area contributed by atoms with Crippen LogP contribution in [0.2, 0.25) is 0 Å². The summed E-state index contributed by atoms with van der Waals surface area (Å²) < 4.78 is 42.6. The van der Waals surface area contributed by atoms with Gasteiger partial charge in [-0.15, -0.1) is 0 Å². The summed E-state index contributed by atoms with van der Waals surface area (Å²) in [6.45, 7) is 3.31. The lowest BCUT2D eigenvalue weighted by atomic mass is 10.2. The number of hydrogen-bond donors (Lipinski definition) is 1. The summed E-state index contributed by atoms with van der Waals surface area (Å²) in [6, 6.07) is 2.58. The van der Waals surface area contributed by atoms with Crippen molar-refractivity contribution in [2.24, 2.45) is 0 Å². The monoisotopic (exact) mass is 319 g/mol. The Bertz CT molecular complexity index is 490. The Hall–Kier alpha value is -1.70. The van der Waals surface area contributed by atoms with Gasteiger partial charge in [-0.3, -0.25) is 4.90 Å². The van der Waals surface area contributed by atoms with E-state index in [9.17, 15) is 18.0 Å². The Balaban J connectivity index is 1.86. The lowest BCUT2D eigenvalue weighted by Crippen LogP contribution is -2.57. The number of hydrogen-bond acceptors (Lipinski definition) is 3. The third kappa shape index (κ3) is 4.40. The molecule has 0 unspecified atom stereocenters. The average Bonchev–Trinajstić information content (AvgIpc) is 2.93. The summed E-state index contributed by atoms with van der Waals surface area (Å²) >= 11 is 0. The van der Waals surface area contributed by atoms with E-state index in [2.05, 4.69) is 5.32 Å². The largest absolute Gasteiger partial charge is 0.467 e. The first-order valence-corrected chi connectivity index (χ1v) is 7.16. The van der Waals surface area contributed by atoms with Crippen LogP contribution in [0.5, 0.6) is 0 Å². The molecule has 2 rings (SSSR count). The Morgan fingerprint density at radius 2 is 2.23 bits per heavy atom. The molecule has 2 atom stereocenters. The zero-order valence-electron chi connectivity index (χ0n) is 12.6. The highest BCUT2D eigenvalue weighted by Gasteiger charge is 2.36. The van der Waals surface area contributed by atoms with Crippen molar-refractivity contribution in [1.29, 1.82) is 0 Å². The second-order valence-electron chi connectivity index (χ2n) is 5.57. The van der Waals surface area contributed by atoms with Gasteiger partial charge in [-0.2, -0.15) is 13.2 Å². The van der Waals surface area contributed by atoms with Crippen LogP contribution in [0.1, 0.15) is 25.6 Å². The summed E-state index contributed by atoms with van der Waals surface area (Å²) in [7, 11) is 0. The van der Waals surface area contributed by atoms with Gasteiger partial charge in [0.25, 0.3) is 0 Å². The van der Waals surface area contributed by atoms with E-state index >= 15 is 0 Å². The van der Waals surface area contributed by atoms with Gasteiger partial charge in [-0.1, -0.05) is 0 Å². The Kier molecular flexibility index (Phi) is 5.00. The second kappa shape index (κ2) is 6.60. The molecule has 1 aliphatic heterocycles. The number of urea groups is 1. The molecule has 2 heterocycles. The van der Waals surface area contributed by atoms with Gasteiger partial charge < -0.3 is 14.6 Å². The predicted octanol–water partition coefficient (Wildman–Crippen LogP) is 2.62. The van der Waals surface area contributed by atoms with Crippen molar-refractivity contribution >= 4 is 6.03 Å². The van der Waals surface area contributed by atoms with Crippen molar-refractivity contribution in [3.05, 3.63) is 24.2 Å². The summed E-state index contributed by atoms with van der Waals surface area (Å²) in [5.41, 5.74) is 0. The predicted molar refractivity (Wildman–Crippen MR) is 74.3 cm³/mol. The van der Waals surface area contributed by atoms with Crippen LogP contribution >= 0.6 is 0 Å². The number of rotatable bonds is 3. The fourth-order valence-electron chi connectivity index (χ4n) is 2.53. The minimum Gasteiger partial charge on any atom is -0.467 e. The smallest absolute Gasteiger partial charge is 0.401 e. The first-order valence-electron chi connectivity index (χ1n) is 7.16. The van der Waals surface area contributed by atoms with E-state index in [4.69, 9.17) is 4.42 Å². The average molecular weight is 319 g/mol. The number of furan rings is 1. The number of halogens is 3. The summed E-state index contributed by atoms with van der Waals surface area (Å²) in [6.07, 6.45) is -2.69. The van der Waals surface area contributed by atoms with Gasteiger partial charge in [0.15, 0.2) is 0 Å². The molecule has 8 heteroatoms. The molecule has 0 bridgehead atoms. The molecule has 0 aliphatic carbocycles. The van der Waals surface area contributed by atoms with Crippen molar-refractivity contribution < 1.29 is 22.4 Å². The third-order valence-electron chi connectivity index (χ3n) is 3.74. The Labute approximate surface area is 127 Å². The Morgan fingerprint density at radius 3 is 2.77 bits per heavy atom. The van der Waals surface area contributed by atoms with Crippen molar-refractivity contribution in [3.63, 3.8) is 0 Å². The van der Waals surface area contributed by atoms with E-state index in [1.807, 2.05) is 0 Å². The Morgan fingerprint density at radius 1 is 1.50 bits per heavy atom. The van der Waals surface area contributed by atoms with Gasteiger partial charge in [0.2, 0.25) is 0 Å². The van der Waals surface area contributed by atoms with E-state index < -0.39 is 12.7 Å². The van der Waals surface area contributed by atoms with E-state index in [0.717, 1.165) is 0 Å². The summed E-state index contributed by atoms with van der Waals surface area (Å²) in [5, 5.41) is 2.79. The number of nitrogens with zero attached hydrogens (tertiary/aromatic N) is 2. The van der Waals surface area contributed by atoms with Crippen LogP contribution in [0, 0.1) is 0 Å². The fraction of sp³-hybridized carbons (Fsp3) is 0.643. The number of amides is 2. The fourth-order valence-corrected chi connectivity index (χ4v) is 2.53. The summed E-state index contributed by atoms with van der Waals surface area (Å²) in [4.78, 5) is 15.1. The quantitative estimate of drug-likeness (QED) is 0.932. The summed E-state index contributed by atoms with van der Waals surface area (Å²) in [5.74, 6) is 0.636. The molecular formula is C14H20F3N3O2. The molecule has 1 fully saturated rings. The van der Waals surface area contributed by atoms with Gasteiger partial charge in [-0.25, -0.2) is 4.79 Å². The molecule has 0 radical (unpaired) electrons. The van der Waals surface area contributed by atoms with Gasteiger partial charge in [0.1, 0.15) is 5.76 Å². The molecule has 2 amide bonds. The van der Waals surface area contributed by atoms with E-state index in [1.165, 1.54) is 16.1 Å². The minimum atomic E-state index is -4.22. The number of alkyl halides is 3. The molecule has 1 saturated heterocycles. The first kappa shape index (κ1) is 16.7. The van der Waals surface area contributed by atoms with E-state index in [-0.39, 0.29) is 37.7 Å². The molecule has 124 valence electrons. The van der Waals surface area contributed by atoms with Crippen LogP contribution in [0.15, 0.2) is 22.8 Å². The van der Waals surface area contributed by atoms with Crippen LogP contribution in [0.25, 0.3) is 0 Å². The maximum absolute atomic E-state index is 12.5. The molecule has 5 nitrogen and oxygen atoms in total. The second-order valence-corrected chi connectivity index (χ2v) is 5.57. The zero-order chi connectivity index (χ0) is 16.3. The van der Waals surface area contributed by atoms with Crippen LogP contribution < -0.4 is 5.32 Å². The van der Waals surface area contributed by atoms with E-state index in [0.29, 0.717) is 5.76 Å². The first-order chi connectivity index (χ1) is 10.3. The molecule has 1 N–H and O–H groups in total. The number of nitrogens with one attached hydrogen (secondary N) is 1. The molecule has 1 aromatic rings. The van der Waals surface area contributed by atoms with Crippen molar-refractivity contribution in [2.45, 2.75) is 32.1 Å². The molecule has 0 aromatic carbocycles. The van der Waals surface area contributed by atoms with Gasteiger partial charge in [-0.05, 0) is 26.0 Å². The molecular weight excluding hydrogens is 299 g/mol. The standard InChI is InChI=1S/C14H20F3N3O2/c1-10-8-19(5-6-20(10)9-14(15,16)17)13(21)18-11(2)12-4-3-7-22-12/h3-4,7,10-11H,5-6,8-9H2,1-2H3,(H,18,21)/t10-,11+/m1/s1. The third-order valence-corrected chi connectivity index (χ3v) is 3.74. The highest BCUT2D eigenvalue weighted by molar-refractivity contribution is 5.74. The maximum atomic E-state index is 12.5. The van der Waals surface area contributed by atoms with Crippen LogP contribution in [-0.2, 0) is 0 Å². The zero-order valence-corrected chi connectivity index (χ0v) is 12.6. The van der Waals surface area contributed by atoms with Crippen molar-refractivity contribution in [1.82, 2.24) is 15.1 Å². The van der Waals surface area contributed by atoms with Crippen LogP contribution in [-0.4, -0.2) is 54.2 Å². The molecule has 1 aliphatic rings. The lowest BCUT2D eigenvalue weighted by molar-refractivity contribution is -0.153. The molecule has 1 aromatic heterocycles. The van der Waals surface area contributed by atoms with Crippen molar-refractivity contribution in [3.8, 4) is 0 Å². The molecule has 22 heavy (non-hydrogen) atoms. The van der Waals surface area contributed by atoms with Crippen LogP contribution in [0.4, 0.5) is 18.0 Å². The number of carbonyl (C=O) groups is 1. The maximum Gasteiger partial charge on any atom is 0.401 e.